The fourth-order valence-corrected chi connectivity index (χ4v) is 3.44. The highest BCUT2D eigenvalue weighted by Gasteiger charge is 2.56. The Kier molecular flexibility index (Phi) is 5.58. The van der Waals surface area contributed by atoms with Crippen molar-refractivity contribution in [2.24, 2.45) is 5.92 Å². The van der Waals surface area contributed by atoms with E-state index < -0.39 is 17.4 Å². The highest BCUT2D eigenvalue weighted by molar-refractivity contribution is 6.06. The Morgan fingerprint density at radius 3 is 1.95 bits per heavy atom. The van der Waals surface area contributed by atoms with Gasteiger partial charge in [0.05, 0.1) is 13.2 Å². The van der Waals surface area contributed by atoms with Crippen LogP contribution in [-0.4, -0.2) is 25.2 Å². The molecule has 0 unspecified atom stereocenters. The largest absolute Gasteiger partial charge is 0.465 e. The van der Waals surface area contributed by atoms with Crippen molar-refractivity contribution in [3.8, 4) is 0 Å². The van der Waals surface area contributed by atoms with E-state index in [0.29, 0.717) is 5.56 Å². The van der Waals surface area contributed by atoms with Crippen LogP contribution in [0.1, 0.15) is 45.1 Å². The second kappa shape index (κ2) is 7.43. The van der Waals surface area contributed by atoms with Gasteiger partial charge >= 0.3 is 11.9 Å². The number of carbonyl (C=O) groups is 2. The first kappa shape index (κ1) is 16.5. The van der Waals surface area contributed by atoms with Gasteiger partial charge in [-0.2, -0.15) is 0 Å². The number of hydrogen-bond acceptors (Lipinski definition) is 4. The predicted molar refractivity (Wildman–Crippen MR) is 83.3 cm³/mol. The first-order chi connectivity index (χ1) is 10.7. The van der Waals surface area contributed by atoms with Crippen LogP contribution in [0.2, 0.25) is 0 Å². The maximum Gasteiger partial charge on any atom is 0.328 e. The zero-order valence-corrected chi connectivity index (χ0v) is 13.3. The van der Waals surface area contributed by atoms with Gasteiger partial charge in [0.15, 0.2) is 5.41 Å². The summed E-state index contributed by atoms with van der Waals surface area (Å²) in [6.45, 7) is 4.01. The van der Waals surface area contributed by atoms with Gasteiger partial charge in [0.1, 0.15) is 0 Å². The molecule has 0 saturated heterocycles. The summed E-state index contributed by atoms with van der Waals surface area (Å²) in [5, 5.41) is 0. The minimum absolute atomic E-state index is 0.0620. The van der Waals surface area contributed by atoms with Crippen LogP contribution in [0.25, 0.3) is 0 Å². The van der Waals surface area contributed by atoms with Crippen molar-refractivity contribution >= 4 is 11.9 Å². The smallest absolute Gasteiger partial charge is 0.328 e. The Morgan fingerprint density at radius 2 is 1.50 bits per heavy atom. The zero-order chi connectivity index (χ0) is 16.0. The van der Waals surface area contributed by atoms with Crippen LogP contribution in [0.4, 0.5) is 0 Å². The second-order valence-corrected chi connectivity index (χ2v) is 5.60. The number of esters is 2. The summed E-state index contributed by atoms with van der Waals surface area (Å²) in [5.74, 6) is -1.02. The first-order valence-electron chi connectivity index (χ1n) is 8.07. The van der Waals surface area contributed by atoms with Crippen LogP contribution in [0.15, 0.2) is 30.3 Å². The van der Waals surface area contributed by atoms with Crippen LogP contribution >= 0.6 is 0 Å². The Balaban J connectivity index is 2.56. The molecule has 1 saturated carbocycles. The molecule has 1 aliphatic carbocycles. The van der Waals surface area contributed by atoms with Gasteiger partial charge in [-0.25, -0.2) is 0 Å². The normalized spacial score (nSPS) is 15.5. The van der Waals surface area contributed by atoms with Gasteiger partial charge < -0.3 is 9.47 Å². The molecule has 0 amide bonds. The van der Waals surface area contributed by atoms with E-state index in [2.05, 4.69) is 0 Å². The lowest BCUT2D eigenvalue weighted by atomic mass is 9.69. The van der Waals surface area contributed by atoms with Gasteiger partial charge in [0.25, 0.3) is 0 Å². The minimum Gasteiger partial charge on any atom is -0.465 e. The standard InChI is InChI=1S/C18H24O4/c1-3-21-16(19)18(17(20)22-4-2,15-12-8-9-13-15)14-10-6-5-7-11-14/h5-7,10-11,15H,3-4,8-9,12-13H2,1-2H3. The number of carbonyl (C=O) groups excluding carboxylic acids is 2. The quantitative estimate of drug-likeness (QED) is 0.598. The van der Waals surface area contributed by atoms with E-state index in [1.54, 1.807) is 13.8 Å². The van der Waals surface area contributed by atoms with Crippen LogP contribution in [-0.2, 0) is 24.5 Å². The van der Waals surface area contributed by atoms with Crippen molar-refractivity contribution in [1.82, 2.24) is 0 Å². The average molecular weight is 304 g/mol. The van der Waals surface area contributed by atoms with Gasteiger partial charge in [-0.1, -0.05) is 43.2 Å². The van der Waals surface area contributed by atoms with Gasteiger partial charge in [0, 0.05) is 0 Å². The average Bonchev–Trinajstić information content (AvgIpc) is 3.04. The third-order valence-corrected chi connectivity index (χ3v) is 4.39. The molecule has 0 bridgehead atoms. The van der Waals surface area contributed by atoms with Crippen molar-refractivity contribution in [2.75, 3.05) is 13.2 Å². The van der Waals surface area contributed by atoms with E-state index in [1.165, 1.54) is 0 Å². The molecule has 4 nitrogen and oxygen atoms in total. The monoisotopic (exact) mass is 304 g/mol. The Bertz CT molecular complexity index is 485. The summed E-state index contributed by atoms with van der Waals surface area (Å²) < 4.78 is 10.6. The topological polar surface area (TPSA) is 52.6 Å². The van der Waals surface area contributed by atoms with E-state index in [-0.39, 0.29) is 19.1 Å². The van der Waals surface area contributed by atoms with E-state index in [1.807, 2.05) is 30.3 Å². The predicted octanol–water partition coefficient (Wildman–Crippen LogP) is 3.24. The highest BCUT2D eigenvalue weighted by atomic mass is 16.6. The third-order valence-electron chi connectivity index (χ3n) is 4.39. The molecule has 0 spiro atoms. The molecule has 120 valence electrons. The highest BCUT2D eigenvalue weighted by Crippen LogP contribution is 2.44. The molecule has 0 atom stereocenters. The maximum absolute atomic E-state index is 12.8. The maximum atomic E-state index is 12.8. The molecule has 2 rings (SSSR count). The molecule has 0 aromatic heterocycles. The van der Waals surface area contributed by atoms with Crippen molar-refractivity contribution < 1.29 is 19.1 Å². The Morgan fingerprint density at radius 1 is 1.00 bits per heavy atom. The molecule has 0 aliphatic heterocycles. The molecule has 1 aromatic carbocycles. The van der Waals surface area contributed by atoms with E-state index in [4.69, 9.17) is 9.47 Å². The molecule has 1 fully saturated rings. The second-order valence-electron chi connectivity index (χ2n) is 5.60. The van der Waals surface area contributed by atoms with Crippen molar-refractivity contribution in [2.45, 2.75) is 44.9 Å². The Labute approximate surface area is 131 Å². The zero-order valence-electron chi connectivity index (χ0n) is 13.3. The van der Waals surface area contributed by atoms with Crippen LogP contribution in [0.5, 0.6) is 0 Å². The third kappa shape index (κ3) is 2.87. The SMILES string of the molecule is CCOC(=O)C(C(=O)OCC)(c1ccccc1)C1CCCC1. The van der Waals surface area contributed by atoms with E-state index in [0.717, 1.165) is 25.7 Å². The molecule has 0 N–H and O–H groups in total. The van der Waals surface area contributed by atoms with E-state index >= 15 is 0 Å². The fraction of sp³-hybridized carbons (Fsp3) is 0.556. The van der Waals surface area contributed by atoms with Crippen LogP contribution in [0.3, 0.4) is 0 Å². The molecule has 0 heterocycles. The molecule has 4 heteroatoms. The molecule has 1 aromatic rings. The summed E-state index contributed by atoms with van der Waals surface area (Å²) in [4.78, 5) is 25.7. The van der Waals surface area contributed by atoms with Crippen molar-refractivity contribution in [3.63, 3.8) is 0 Å². The number of ether oxygens (including phenoxy) is 2. The summed E-state index contributed by atoms with van der Waals surface area (Å²) in [6.07, 6.45) is 3.73. The van der Waals surface area contributed by atoms with Gasteiger partial charge in [-0.15, -0.1) is 0 Å². The van der Waals surface area contributed by atoms with Gasteiger partial charge in [-0.3, -0.25) is 9.59 Å². The van der Waals surface area contributed by atoms with Gasteiger partial charge in [0.2, 0.25) is 0 Å². The molecular formula is C18H24O4. The lowest BCUT2D eigenvalue weighted by molar-refractivity contribution is -0.168. The Hall–Kier alpha value is -1.84. The van der Waals surface area contributed by atoms with Crippen LogP contribution in [0, 0.1) is 5.92 Å². The lowest BCUT2D eigenvalue weighted by Gasteiger charge is -2.34. The van der Waals surface area contributed by atoms with Crippen LogP contribution < -0.4 is 0 Å². The molecule has 22 heavy (non-hydrogen) atoms. The summed E-state index contributed by atoms with van der Waals surface area (Å²) in [6, 6.07) is 9.21. The molecular weight excluding hydrogens is 280 g/mol. The fourth-order valence-electron chi connectivity index (χ4n) is 3.44. The number of hydrogen-bond donors (Lipinski definition) is 0. The van der Waals surface area contributed by atoms with Crippen molar-refractivity contribution in [1.29, 1.82) is 0 Å². The lowest BCUT2D eigenvalue weighted by Crippen LogP contribution is -2.51. The summed E-state index contributed by atoms with van der Waals surface area (Å²) in [5.41, 5.74) is -0.650. The minimum atomic E-state index is -1.33. The molecule has 0 radical (unpaired) electrons. The summed E-state index contributed by atoms with van der Waals surface area (Å²) >= 11 is 0. The van der Waals surface area contributed by atoms with E-state index in [9.17, 15) is 9.59 Å². The van der Waals surface area contributed by atoms with Crippen molar-refractivity contribution in [3.05, 3.63) is 35.9 Å². The molecule has 1 aliphatic rings. The first-order valence-corrected chi connectivity index (χ1v) is 8.07. The number of rotatable bonds is 6. The van der Waals surface area contributed by atoms with Gasteiger partial charge in [-0.05, 0) is 38.2 Å². The summed E-state index contributed by atoms with van der Waals surface area (Å²) in [7, 11) is 0. The number of benzene rings is 1.